The zero-order valence-corrected chi connectivity index (χ0v) is 19.0. The number of hydrogen-bond acceptors (Lipinski definition) is 4. The summed E-state index contributed by atoms with van der Waals surface area (Å²) >= 11 is 0. The number of para-hydroxylation sites is 1. The van der Waals surface area contributed by atoms with Crippen molar-refractivity contribution >= 4 is 33.2 Å². The van der Waals surface area contributed by atoms with E-state index in [1.165, 1.54) is 16.4 Å². The molecule has 1 atom stereocenters. The van der Waals surface area contributed by atoms with Crippen molar-refractivity contribution in [2.45, 2.75) is 38.5 Å². The fraction of sp³-hybridized carbons (Fsp3) is 0.391. The molecule has 8 heteroatoms. The summed E-state index contributed by atoms with van der Waals surface area (Å²) in [4.78, 5) is 27.2. The van der Waals surface area contributed by atoms with Crippen molar-refractivity contribution in [2.75, 3.05) is 29.9 Å². The van der Waals surface area contributed by atoms with E-state index in [4.69, 9.17) is 0 Å². The van der Waals surface area contributed by atoms with Gasteiger partial charge in [0.1, 0.15) is 0 Å². The van der Waals surface area contributed by atoms with E-state index in [0.29, 0.717) is 25.3 Å². The van der Waals surface area contributed by atoms with Gasteiger partial charge in [0, 0.05) is 37.4 Å². The predicted octanol–water partition coefficient (Wildman–Crippen LogP) is 3.27. The largest absolute Gasteiger partial charge is 0.326 e. The highest BCUT2D eigenvalue weighted by Gasteiger charge is 2.35. The third-order valence-electron chi connectivity index (χ3n) is 5.62. The van der Waals surface area contributed by atoms with Crippen LogP contribution in [0, 0.1) is 5.92 Å². The molecule has 0 spiro atoms. The summed E-state index contributed by atoms with van der Waals surface area (Å²) in [5, 5.41) is 2.81. The van der Waals surface area contributed by atoms with Crippen LogP contribution in [0.2, 0.25) is 0 Å². The average molecular weight is 444 g/mol. The molecule has 7 nitrogen and oxygen atoms in total. The van der Waals surface area contributed by atoms with Gasteiger partial charge >= 0.3 is 0 Å². The molecule has 31 heavy (non-hydrogen) atoms. The molecule has 1 unspecified atom stereocenters. The number of hydrogen-bond donors (Lipinski definition) is 1. The molecule has 166 valence electrons. The number of aryl methyl sites for hydroxylation is 1. The minimum Gasteiger partial charge on any atom is -0.326 e. The molecule has 1 heterocycles. The zero-order chi connectivity index (χ0) is 22.6. The van der Waals surface area contributed by atoms with Crippen molar-refractivity contribution in [1.82, 2.24) is 4.31 Å². The molecule has 3 rings (SSSR count). The SMILES string of the molecule is CCc1ccccc1N1CC(C(=O)Nc2ccc(S(=O)(=O)N(CC)CC)cc2)CC1=O. The van der Waals surface area contributed by atoms with E-state index >= 15 is 0 Å². The Bertz CT molecular complexity index is 1050. The Morgan fingerprint density at radius 2 is 1.71 bits per heavy atom. The molecule has 2 aromatic rings. The van der Waals surface area contributed by atoms with Crippen LogP contribution in [-0.2, 0) is 26.0 Å². The van der Waals surface area contributed by atoms with E-state index in [-0.39, 0.29) is 23.1 Å². The molecule has 1 aliphatic rings. The number of carbonyl (C=O) groups excluding carboxylic acids is 2. The molecule has 1 saturated heterocycles. The highest BCUT2D eigenvalue weighted by Crippen LogP contribution is 2.29. The van der Waals surface area contributed by atoms with Crippen molar-refractivity contribution in [1.29, 1.82) is 0 Å². The van der Waals surface area contributed by atoms with Crippen molar-refractivity contribution in [2.24, 2.45) is 5.92 Å². The summed E-state index contributed by atoms with van der Waals surface area (Å²) in [6.07, 6.45) is 0.956. The van der Waals surface area contributed by atoms with E-state index in [1.807, 2.05) is 31.2 Å². The highest BCUT2D eigenvalue weighted by molar-refractivity contribution is 7.89. The van der Waals surface area contributed by atoms with E-state index in [2.05, 4.69) is 5.32 Å². The van der Waals surface area contributed by atoms with Crippen molar-refractivity contribution < 1.29 is 18.0 Å². The monoisotopic (exact) mass is 443 g/mol. The quantitative estimate of drug-likeness (QED) is 0.678. The van der Waals surface area contributed by atoms with Gasteiger partial charge in [-0.3, -0.25) is 9.59 Å². The first-order valence-electron chi connectivity index (χ1n) is 10.6. The normalized spacial score (nSPS) is 16.7. The zero-order valence-electron chi connectivity index (χ0n) is 18.2. The molecule has 1 aliphatic heterocycles. The average Bonchev–Trinajstić information content (AvgIpc) is 3.16. The molecule has 1 N–H and O–H groups in total. The van der Waals surface area contributed by atoms with Crippen LogP contribution in [0.5, 0.6) is 0 Å². The van der Waals surface area contributed by atoms with Gasteiger partial charge in [0.05, 0.1) is 10.8 Å². The maximum Gasteiger partial charge on any atom is 0.243 e. The van der Waals surface area contributed by atoms with Crippen molar-refractivity contribution in [3.63, 3.8) is 0 Å². The lowest BCUT2D eigenvalue weighted by Gasteiger charge is -2.20. The Kier molecular flexibility index (Phi) is 7.12. The number of nitrogens with one attached hydrogen (secondary N) is 1. The molecule has 0 bridgehead atoms. The van der Waals surface area contributed by atoms with Crippen LogP contribution in [0.1, 0.15) is 32.8 Å². The highest BCUT2D eigenvalue weighted by atomic mass is 32.2. The smallest absolute Gasteiger partial charge is 0.243 e. The number of sulfonamides is 1. The molecule has 2 aromatic carbocycles. The Labute approximate surface area is 184 Å². The van der Waals surface area contributed by atoms with Crippen LogP contribution in [-0.4, -0.2) is 44.2 Å². The van der Waals surface area contributed by atoms with E-state index in [1.54, 1.807) is 30.9 Å². The van der Waals surface area contributed by atoms with Gasteiger partial charge in [-0.15, -0.1) is 0 Å². The first-order chi connectivity index (χ1) is 14.8. The summed E-state index contributed by atoms with van der Waals surface area (Å²) in [5.74, 6) is -0.776. The van der Waals surface area contributed by atoms with Crippen LogP contribution in [0.4, 0.5) is 11.4 Å². The standard InChI is InChI=1S/C23H29N3O4S/c1-4-17-9-7-8-10-21(17)26-16-18(15-22(26)27)23(28)24-19-11-13-20(14-12-19)31(29,30)25(5-2)6-3/h7-14,18H,4-6,15-16H2,1-3H3,(H,24,28). The summed E-state index contributed by atoms with van der Waals surface area (Å²) in [6.45, 7) is 6.74. The maximum absolute atomic E-state index is 12.8. The second kappa shape index (κ2) is 9.62. The van der Waals surface area contributed by atoms with Gasteiger partial charge in [0.25, 0.3) is 0 Å². The Hall–Kier alpha value is -2.71. The molecule has 1 fully saturated rings. The number of anilines is 2. The first-order valence-corrected chi connectivity index (χ1v) is 12.0. The van der Waals surface area contributed by atoms with Gasteiger partial charge in [-0.1, -0.05) is 39.0 Å². The third kappa shape index (κ3) is 4.80. The van der Waals surface area contributed by atoms with Gasteiger partial charge in [0.2, 0.25) is 21.8 Å². The van der Waals surface area contributed by atoms with Crippen LogP contribution in [0.25, 0.3) is 0 Å². The summed E-state index contributed by atoms with van der Waals surface area (Å²) in [6, 6.07) is 13.9. The topological polar surface area (TPSA) is 86.8 Å². The maximum atomic E-state index is 12.8. The van der Waals surface area contributed by atoms with Crippen molar-refractivity contribution in [3.05, 3.63) is 54.1 Å². The summed E-state index contributed by atoms with van der Waals surface area (Å²) in [7, 11) is -3.54. The van der Waals surface area contributed by atoms with Crippen LogP contribution < -0.4 is 10.2 Å². The predicted molar refractivity (Wildman–Crippen MR) is 121 cm³/mol. The molecular formula is C23H29N3O4S. The first kappa shape index (κ1) is 23.0. The van der Waals surface area contributed by atoms with Gasteiger partial charge < -0.3 is 10.2 Å². The molecule has 0 radical (unpaired) electrons. The minimum atomic E-state index is -3.54. The van der Waals surface area contributed by atoms with Gasteiger partial charge in [-0.05, 0) is 42.3 Å². The molecule has 0 aliphatic carbocycles. The number of benzene rings is 2. The second-order valence-corrected chi connectivity index (χ2v) is 9.43. The lowest BCUT2D eigenvalue weighted by Crippen LogP contribution is -2.30. The molecule has 0 saturated carbocycles. The lowest BCUT2D eigenvalue weighted by atomic mass is 10.1. The van der Waals surface area contributed by atoms with Gasteiger partial charge in [-0.25, -0.2) is 8.42 Å². The Balaban J connectivity index is 1.69. The Morgan fingerprint density at radius 3 is 2.32 bits per heavy atom. The fourth-order valence-corrected chi connectivity index (χ4v) is 5.31. The van der Waals surface area contributed by atoms with E-state index in [9.17, 15) is 18.0 Å². The second-order valence-electron chi connectivity index (χ2n) is 7.49. The summed E-state index contributed by atoms with van der Waals surface area (Å²) in [5.41, 5.74) is 2.43. The van der Waals surface area contributed by atoms with Gasteiger partial charge in [-0.2, -0.15) is 4.31 Å². The van der Waals surface area contributed by atoms with E-state index in [0.717, 1.165) is 17.7 Å². The van der Waals surface area contributed by atoms with Crippen LogP contribution in [0.15, 0.2) is 53.4 Å². The molecule has 2 amide bonds. The minimum absolute atomic E-state index is 0.0679. The number of nitrogens with zero attached hydrogens (tertiary/aromatic N) is 2. The van der Waals surface area contributed by atoms with Gasteiger partial charge in [0.15, 0.2) is 0 Å². The number of rotatable bonds is 8. The lowest BCUT2D eigenvalue weighted by molar-refractivity contribution is -0.122. The molecule has 0 aromatic heterocycles. The third-order valence-corrected chi connectivity index (χ3v) is 7.69. The number of amides is 2. The summed E-state index contributed by atoms with van der Waals surface area (Å²) < 4.78 is 26.6. The Morgan fingerprint density at radius 1 is 1.06 bits per heavy atom. The number of carbonyl (C=O) groups is 2. The van der Waals surface area contributed by atoms with Crippen molar-refractivity contribution in [3.8, 4) is 0 Å². The fourth-order valence-electron chi connectivity index (χ4n) is 3.86. The molecular weight excluding hydrogens is 414 g/mol. The van der Waals surface area contributed by atoms with E-state index < -0.39 is 15.9 Å². The van der Waals surface area contributed by atoms with Crippen LogP contribution >= 0.6 is 0 Å². The van der Waals surface area contributed by atoms with Crippen LogP contribution in [0.3, 0.4) is 0 Å².